The first-order chi connectivity index (χ1) is 15.9. The Kier molecular flexibility index (Phi) is 6.50. The summed E-state index contributed by atoms with van der Waals surface area (Å²) in [6.07, 6.45) is 0.0546. The van der Waals surface area contributed by atoms with Crippen LogP contribution in [-0.4, -0.2) is 34.7 Å². The number of ether oxygens (including phenoxy) is 3. The molecule has 0 amide bonds. The highest BCUT2D eigenvalue weighted by Gasteiger charge is 2.28. The second kappa shape index (κ2) is 9.50. The Labute approximate surface area is 191 Å². The van der Waals surface area contributed by atoms with E-state index in [2.05, 4.69) is 4.74 Å². The van der Waals surface area contributed by atoms with Crippen LogP contribution in [0.1, 0.15) is 11.1 Å². The molecule has 3 aromatic rings. The van der Waals surface area contributed by atoms with Crippen LogP contribution in [0.2, 0.25) is 0 Å². The molecule has 3 aromatic carbocycles. The molecule has 7 nitrogen and oxygen atoms in total. The summed E-state index contributed by atoms with van der Waals surface area (Å²) >= 11 is 0. The van der Waals surface area contributed by atoms with E-state index in [1.165, 1.54) is 31.4 Å². The lowest BCUT2D eigenvalue weighted by Gasteiger charge is -2.26. The van der Waals surface area contributed by atoms with E-state index >= 15 is 0 Å². The van der Waals surface area contributed by atoms with Crippen molar-refractivity contribution in [1.29, 1.82) is 0 Å². The maximum Gasteiger partial charge on any atom is 0.309 e. The molecule has 0 fully saturated rings. The maximum absolute atomic E-state index is 14.4. The molecule has 1 aliphatic heterocycles. The average Bonchev–Trinajstić information content (AvgIpc) is 2.83. The molecule has 172 valence electrons. The van der Waals surface area contributed by atoms with Crippen LogP contribution >= 0.6 is 0 Å². The molecule has 0 atom stereocenters. The first-order valence-corrected chi connectivity index (χ1v) is 11.6. The van der Waals surface area contributed by atoms with Gasteiger partial charge in [0, 0.05) is 11.6 Å². The summed E-state index contributed by atoms with van der Waals surface area (Å²) in [5.41, 5.74) is 1.20. The number of hydrogen-bond donors (Lipinski definition) is 0. The summed E-state index contributed by atoms with van der Waals surface area (Å²) in [5.74, 6) is -0.119. The van der Waals surface area contributed by atoms with Crippen LogP contribution in [-0.2, 0) is 32.5 Å². The molecule has 0 aliphatic carbocycles. The number of esters is 1. The third kappa shape index (κ3) is 4.93. The molecule has 0 N–H and O–H groups in total. The smallest absolute Gasteiger partial charge is 0.309 e. The minimum Gasteiger partial charge on any atom is -0.486 e. The molecule has 0 saturated carbocycles. The van der Waals surface area contributed by atoms with Gasteiger partial charge in [0.15, 0.2) is 11.5 Å². The Hall–Kier alpha value is -3.59. The van der Waals surface area contributed by atoms with Gasteiger partial charge in [-0.05, 0) is 35.9 Å². The van der Waals surface area contributed by atoms with Crippen LogP contribution in [0.4, 0.5) is 10.1 Å². The maximum atomic E-state index is 14.4. The Bertz CT molecular complexity index is 1260. The summed E-state index contributed by atoms with van der Waals surface area (Å²) < 4.78 is 58.6. The lowest BCUT2D eigenvalue weighted by molar-refractivity contribution is -0.139. The van der Waals surface area contributed by atoms with E-state index in [0.717, 1.165) is 4.31 Å². The number of halogens is 1. The first-order valence-electron chi connectivity index (χ1n) is 10.2. The zero-order valence-corrected chi connectivity index (χ0v) is 18.7. The summed E-state index contributed by atoms with van der Waals surface area (Å²) in [7, 11) is -2.81. The van der Waals surface area contributed by atoms with Crippen molar-refractivity contribution in [1.82, 2.24) is 0 Å². The van der Waals surface area contributed by atoms with Crippen LogP contribution in [0.3, 0.4) is 0 Å². The fourth-order valence-electron chi connectivity index (χ4n) is 3.43. The highest BCUT2D eigenvalue weighted by Crippen LogP contribution is 2.35. The lowest BCUT2D eigenvalue weighted by atomic mass is 10.1. The monoisotopic (exact) mass is 471 g/mol. The fourth-order valence-corrected chi connectivity index (χ4v) is 4.89. The number of carbonyl (C=O) groups is 1. The summed E-state index contributed by atoms with van der Waals surface area (Å²) in [6, 6.07) is 16.8. The van der Waals surface area contributed by atoms with Gasteiger partial charge in [0.1, 0.15) is 19.0 Å². The van der Waals surface area contributed by atoms with Gasteiger partial charge >= 0.3 is 5.97 Å². The standard InChI is InChI=1S/C24H22FNO6S/c1-30-24(27)14-17-6-8-19(9-7-17)26(16-18-4-2-3-5-21(18)25)33(28,29)20-10-11-22-23(15-20)32-13-12-31-22/h2-11,15H,12-14,16H2,1H3. The van der Waals surface area contributed by atoms with E-state index < -0.39 is 21.8 Å². The molecule has 33 heavy (non-hydrogen) atoms. The van der Waals surface area contributed by atoms with Crippen molar-refractivity contribution in [2.24, 2.45) is 0 Å². The molecule has 1 aliphatic rings. The summed E-state index contributed by atoms with van der Waals surface area (Å²) in [6.45, 7) is 0.479. The molecule has 0 spiro atoms. The number of nitrogens with zero attached hydrogens (tertiary/aromatic N) is 1. The zero-order chi connectivity index (χ0) is 23.4. The number of carbonyl (C=O) groups excluding carboxylic acids is 1. The topological polar surface area (TPSA) is 82.1 Å². The van der Waals surface area contributed by atoms with Gasteiger partial charge in [-0.15, -0.1) is 0 Å². The van der Waals surface area contributed by atoms with Gasteiger partial charge in [0.2, 0.25) is 0 Å². The van der Waals surface area contributed by atoms with Crippen LogP contribution in [0.15, 0.2) is 71.6 Å². The molecule has 0 unspecified atom stereocenters. The lowest BCUT2D eigenvalue weighted by Crippen LogP contribution is -2.31. The molecule has 9 heteroatoms. The minimum absolute atomic E-state index is 0.0123. The van der Waals surface area contributed by atoms with Crippen LogP contribution in [0.25, 0.3) is 0 Å². The predicted octanol–water partition coefficient (Wildman–Crippen LogP) is 3.71. The van der Waals surface area contributed by atoms with Gasteiger partial charge in [-0.2, -0.15) is 0 Å². The molecule has 0 bridgehead atoms. The molecular weight excluding hydrogens is 449 g/mol. The van der Waals surface area contributed by atoms with Gasteiger partial charge in [0.25, 0.3) is 10.0 Å². The van der Waals surface area contributed by atoms with Crippen molar-refractivity contribution < 1.29 is 31.8 Å². The van der Waals surface area contributed by atoms with Crippen LogP contribution in [0, 0.1) is 5.82 Å². The summed E-state index contributed by atoms with van der Waals surface area (Å²) in [5, 5.41) is 0. The van der Waals surface area contributed by atoms with E-state index in [0.29, 0.717) is 36.0 Å². The van der Waals surface area contributed by atoms with Gasteiger partial charge in [0.05, 0.1) is 30.7 Å². The number of methoxy groups -OCH3 is 1. The Balaban J connectivity index is 1.73. The average molecular weight is 472 g/mol. The number of benzene rings is 3. The number of rotatable bonds is 7. The number of hydrogen-bond acceptors (Lipinski definition) is 6. The molecule has 4 rings (SSSR count). The van der Waals surface area contributed by atoms with Crippen molar-refractivity contribution in [3.8, 4) is 11.5 Å². The molecule has 1 heterocycles. The van der Waals surface area contributed by atoms with Crippen molar-refractivity contribution in [3.05, 3.63) is 83.7 Å². The summed E-state index contributed by atoms with van der Waals surface area (Å²) in [4.78, 5) is 11.5. The van der Waals surface area contributed by atoms with Gasteiger partial charge in [-0.25, -0.2) is 12.8 Å². The first kappa shape index (κ1) is 22.6. The number of fused-ring (bicyclic) bond motifs is 1. The van der Waals surface area contributed by atoms with Gasteiger partial charge in [-0.3, -0.25) is 9.10 Å². The van der Waals surface area contributed by atoms with Crippen molar-refractivity contribution in [2.45, 2.75) is 17.9 Å². The Morgan fingerprint density at radius 3 is 2.39 bits per heavy atom. The van der Waals surface area contributed by atoms with E-state index in [-0.39, 0.29) is 23.4 Å². The Morgan fingerprint density at radius 1 is 1.00 bits per heavy atom. The third-order valence-electron chi connectivity index (χ3n) is 5.17. The molecule has 0 saturated heterocycles. The second-order valence-electron chi connectivity index (χ2n) is 7.33. The predicted molar refractivity (Wildman–Crippen MR) is 119 cm³/mol. The largest absolute Gasteiger partial charge is 0.486 e. The Morgan fingerprint density at radius 2 is 1.70 bits per heavy atom. The highest BCUT2D eigenvalue weighted by atomic mass is 32.2. The molecule has 0 radical (unpaired) electrons. The highest BCUT2D eigenvalue weighted by molar-refractivity contribution is 7.92. The van der Waals surface area contributed by atoms with Crippen LogP contribution in [0.5, 0.6) is 11.5 Å². The van der Waals surface area contributed by atoms with E-state index in [4.69, 9.17) is 9.47 Å². The van der Waals surface area contributed by atoms with Crippen molar-refractivity contribution in [2.75, 3.05) is 24.6 Å². The quantitative estimate of drug-likeness (QED) is 0.489. The fraction of sp³-hybridized carbons (Fsp3) is 0.208. The molecule has 0 aromatic heterocycles. The van der Waals surface area contributed by atoms with Crippen molar-refractivity contribution >= 4 is 21.7 Å². The molecular formula is C24H22FNO6S. The third-order valence-corrected chi connectivity index (χ3v) is 6.94. The van der Waals surface area contributed by atoms with Crippen LogP contribution < -0.4 is 13.8 Å². The second-order valence-corrected chi connectivity index (χ2v) is 9.19. The zero-order valence-electron chi connectivity index (χ0n) is 17.9. The van der Waals surface area contributed by atoms with Gasteiger partial charge < -0.3 is 14.2 Å². The number of anilines is 1. The SMILES string of the molecule is COC(=O)Cc1ccc(N(Cc2ccccc2F)S(=O)(=O)c2ccc3c(c2)OCCO3)cc1. The minimum atomic E-state index is -4.10. The van der Waals surface area contributed by atoms with Crippen molar-refractivity contribution in [3.63, 3.8) is 0 Å². The normalized spacial score (nSPS) is 12.8. The van der Waals surface area contributed by atoms with E-state index in [1.807, 2.05) is 0 Å². The van der Waals surface area contributed by atoms with E-state index in [1.54, 1.807) is 42.5 Å². The van der Waals surface area contributed by atoms with Gasteiger partial charge in [-0.1, -0.05) is 30.3 Å². The number of sulfonamides is 1. The van der Waals surface area contributed by atoms with E-state index in [9.17, 15) is 17.6 Å².